The smallest absolute Gasteiger partial charge is 0.321 e. The molecule has 5 rings (SSSR count). The van der Waals surface area contributed by atoms with E-state index in [2.05, 4.69) is 21.3 Å². The molecule has 0 saturated carbocycles. The summed E-state index contributed by atoms with van der Waals surface area (Å²) in [5.41, 5.74) is 2.86. The van der Waals surface area contributed by atoms with E-state index in [4.69, 9.17) is 0 Å². The minimum Gasteiger partial charge on any atom is -0.372 e. The molecule has 0 atom stereocenters. The molecule has 3 heterocycles. The van der Waals surface area contributed by atoms with Gasteiger partial charge in [0, 0.05) is 30.7 Å². The molecule has 0 aliphatic carbocycles. The first-order valence-electron chi connectivity index (χ1n) is 9.62. The summed E-state index contributed by atoms with van der Waals surface area (Å²) in [6.45, 7) is 1.06. The van der Waals surface area contributed by atoms with Gasteiger partial charge in [-0.25, -0.2) is 13.6 Å². The molecule has 1 saturated heterocycles. The molecule has 148 valence electrons. The molecule has 1 aromatic heterocycles. The highest BCUT2D eigenvalue weighted by Crippen LogP contribution is 2.43. The highest BCUT2D eigenvalue weighted by atomic mass is 19.1. The maximum Gasteiger partial charge on any atom is 0.321 e. The molecule has 29 heavy (non-hydrogen) atoms. The minimum absolute atomic E-state index is 0.247. The molecule has 2 N–H and O–H groups in total. The summed E-state index contributed by atoms with van der Waals surface area (Å²) < 4.78 is 29.3. The van der Waals surface area contributed by atoms with E-state index in [9.17, 15) is 13.6 Å². The Balaban J connectivity index is 1.35. The number of carbonyl (C=O) groups is 1. The van der Waals surface area contributed by atoms with Gasteiger partial charge >= 0.3 is 6.03 Å². The van der Waals surface area contributed by atoms with Gasteiger partial charge in [0.05, 0.1) is 16.9 Å². The van der Waals surface area contributed by atoms with E-state index >= 15 is 0 Å². The van der Waals surface area contributed by atoms with Crippen LogP contribution in [0.5, 0.6) is 0 Å². The molecular weight excluding hydrogens is 374 g/mol. The predicted octanol–water partition coefficient (Wildman–Crippen LogP) is 4.70. The number of carbonyl (C=O) groups excluding carboxylic acids is 1. The van der Waals surface area contributed by atoms with Crippen LogP contribution in [0.3, 0.4) is 0 Å². The fourth-order valence-electron chi connectivity index (χ4n) is 4.36. The fraction of sp³-hybridized carbons (Fsp3) is 0.227. The maximum absolute atomic E-state index is 13.8. The van der Waals surface area contributed by atoms with Crippen LogP contribution < -0.4 is 10.6 Å². The summed E-state index contributed by atoms with van der Waals surface area (Å²) in [4.78, 5) is 14.3. The number of amides is 2. The monoisotopic (exact) mass is 394 g/mol. The van der Waals surface area contributed by atoms with E-state index < -0.39 is 5.82 Å². The quantitative estimate of drug-likeness (QED) is 0.628. The summed E-state index contributed by atoms with van der Waals surface area (Å²) >= 11 is 0. The van der Waals surface area contributed by atoms with E-state index in [1.54, 1.807) is 23.1 Å². The van der Waals surface area contributed by atoms with Gasteiger partial charge < -0.3 is 20.1 Å². The van der Waals surface area contributed by atoms with Crippen molar-refractivity contribution in [3.8, 4) is 5.69 Å². The number of fused-ring (bicyclic) bond motifs is 4. The third-order valence-electron chi connectivity index (χ3n) is 5.81. The number of nitrogens with zero attached hydrogens (tertiary/aromatic N) is 2. The van der Waals surface area contributed by atoms with Crippen molar-refractivity contribution < 1.29 is 13.6 Å². The number of aromatic nitrogens is 1. The number of likely N-dealkylation sites (tertiary alicyclic amines) is 1. The first kappa shape index (κ1) is 17.7. The summed E-state index contributed by atoms with van der Waals surface area (Å²) in [6, 6.07) is 14.4. The second kappa shape index (κ2) is 6.62. The van der Waals surface area contributed by atoms with Crippen LogP contribution in [0.25, 0.3) is 5.69 Å². The van der Waals surface area contributed by atoms with Gasteiger partial charge in [0.2, 0.25) is 0 Å². The summed E-state index contributed by atoms with van der Waals surface area (Å²) in [6.07, 6.45) is 3.35. The summed E-state index contributed by atoms with van der Waals surface area (Å²) in [5, 5.41) is 6.30. The van der Waals surface area contributed by atoms with E-state index in [1.165, 1.54) is 24.3 Å². The van der Waals surface area contributed by atoms with Gasteiger partial charge in [-0.3, -0.25) is 0 Å². The molecular formula is C22H20F2N4O. The van der Waals surface area contributed by atoms with Gasteiger partial charge in [-0.2, -0.15) is 0 Å². The van der Waals surface area contributed by atoms with Crippen molar-refractivity contribution in [3.05, 3.63) is 78.1 Å². The molecule has 0 bridgehead atoms. The standard InChI is InChI=1S/C22H20F2N4O/c23-15-3-1-4-17(13-15)25-21(29)27-11-8-22(9-12-27)20-5-2-10-28(20)19-7-6-16(24)14-18(19)26-22/h1-7,10,13-14,26H,8-9,11-12H2,(H,25,29). The lowest BCUT2D eigenvalue weighted by molar-refractivity contribution is 0.174. The molecule has 1 spiro atoms. The average molecular weight is 394 g/mol. The molecule has 1 fully saturated rings. The highest BCUT2D eigenvalue weighted by molar-refractivity contribution is 5.89. The number of piperidine rings is 1. The van der Waals surface area contributed by atoms with Crippen molar-refractivity contribution in [1.29, 1.82) is 0 Å². The van der Waals surface area contributed by atoms with Crippen LogP contribution in [0.15, 0.2) is 60.8 Å². The zero-order valence-corrected chi connectivity index (χ0v) is 15.7. The summed E-state index contributed by atoms with van der Waals surface area (Å²) in [5.74, 6) is -0.674. The van der Waals surface area contributed by atoms with Gasteiger partial charge in [0.25, 0.3) is 0 Å². The van der Waals surface area contributed by atoms with Crippen LogP contribution in [0.1, 0.15) is 18.5 Å². The number of rotatable bonds is 1. The van der Waals surface area contributed by atoms with Gasteiger partial charge in [-0.1, -0.05) is 6.07 Å². The van der Waals surface area contributed by atoms with Crippen LogP contribution in [0.2, 0.25) is 0 Å². The number of nitrogens with one attached hydrogen (secondary N) is 2. The Morgan fingerprint density at radius 2 is 1.79 bits per heavy atom. The Morgan fingerprint density at radius 1 is 1.00 bits per heavy atom. The van der Waals surface area contributed by atoms with Crippen molar-refractivity contribution in [2.45, 2.75) is 18.4 Å². The Kier molecular flexibility index (Phi) is 4.04. The first-order chi connectivity index (χ1) is 14.0. The van der Waals surface area contributed by atoms with Crippen LogP contribution in [0.4, 0.5) is 25.0 Å². The third-order valence-corrected chi connectivity index (χ3v) is 5.81. The number of benzene rings is 2. The maximum atomic E-state index is 13.8. The van der Waals surface area contributed by atoms with E-state index in [0.29, 0.717) is 31.6 Å². The van der Waals surface area contributed by atoms with Crippen LogP contribution >= 0.6 is 0 Å². The molecule has 2 aliphatic rings. The van der Waals surface area contributed by atoms with Gasteiger partial charge in [0.15, 0.2) is 0 Å². The number of halogens is 2. The van der Waals surface area contributed by atoms with Crippen molar-refractivity contribution in [3.63, 3.8) is 0 Å². The van der Waals surface area contributed by atoms with Crippen LogP contribution in [-0.2, 0) is 5.54 Å². The minimum atomic E-state index is -0.390. The number of hydrogen-bond acceptors (Lipinski definition) is 2. The lowest BCUT2D eigenvalue weighted by Crippen LogP contribution is -2.51. The van der Waals surface area contributed by atoms with Crippen molar-refractivity contribution >= 4 is 17.4 Å². The van der Waals surface area contributed by atoms with Crippen molar-refractivity contribution in [2.24, 2.45) is 0 Å². The topological polar surface area (TPSA) is 49.3 Å². The Labute approximate surface area is 166 Å². The third kappa shape index (κ3) is 3.03. The molecule has 2 aliphatic heterocycles. The number of anilines is 2. The largest absolute Gasteiger partial charge is 0.372 e. The molecule has 2 amide bonds. The molecule has 7 heteroatoms. The van der Waals surface area contributed by atoms with E-state index in [-0.39, 0.29) is 17.4 Å². The lowest BCUT2D eigenvalue weighted by Gasteiger charge is -2.46. The first-order valence-corrected chi connectivity index (χ1v) is 9.62. The molecule has 3 aromatic rings. The zero-order chi connectivity index (χ0) is 20.0. The van der Waals surface area contributed by atoms with Crippen LogP contribution in [-0.4, -0.2) is 28.6 Å². The van der Waals surface area contributed by atoms with E-state index in [1.807, 2.05) is 12.3 Å². The van der Waals surface area contributed by atoms with Gasteiger partial charge in [0.1, 0.15) is 11.6 Å². The summed E-state index contributed by atoms with van der Waals surface area (Å²) in [7, 11) is 0. The van der Waals surface area contributed by atoms with Gasteiger partial charge in [-0.05, 0) is 61.4 Å². The number of urea groups is 1. The molecule has 0 unspecified atom stereocenters. The van der Waals surface area contributed by atoms with E-state index in [0.717, 1.165) is 17.1 Å². The average Bonchev–Trinajstić information content (AvgIpc) is 3.19. The fourth-order valence-corrected chi connectivity index (χ4v) is 4.36. The lowest BCUT2D eigenvalue weighted by atomic mass is 9.82. The zero-order valence-electron chi connectivity index (χ0n) is 15.7. The van der Waals surface area contributed by atoms with Crippen molar-refractivity contribution in [2.75, 3.05) is 23.7 Å². The second-order valence-corrected chi connectivity index (χ2v) is 7.56. The number of hydrogen-bond donors (Lipinski definition) is 2. The Morgan fingerprint density at radius 3 is 2.59 bits per heavy atom. The molecule has 5 nitrogen and oxygen atoms in total. The second-order valence-electron chi connectivity index (χ2n) is 7.56. The molecule has 2 aromatic carbocycles. The SMILES string of the molecule is O=C(Nc1cccc(F)c1)N1CCC2(CC1)Nc1cc(F)ccc1-n1cccc12. The van der Waals surface area contributed by atoms with Crippen molar-refractivity contribution in [1.82, 2.24) is 9.47 Å². The molecule has 0 radical (unpaired) electrons. The highest BCUT2D eigenvalue weighted by Gasteiger charge is 2.42. The van der Waals surface area contributed by atoms with Crippen LogP contribution in [0, 0.1) is 11.6 Å². The normalized spacial score (nSPS) is 16.7. The Hall–Kier alpha value is -3.35. The van der Waals surface area contributed by atoms with Gasteiger partial charge in [-0.15, -0.1) is 0 Å². The Bertz CT molecular complexity index is 1090. The predicted molar refractivity (Wildman–Crippen MR) is 107 cm³/mol.